The van der Waals surface area contributed by atoms with Gasteiger partial charge in [-0.1, -0.05) is 0 Å². The van der Waals surface area contributed by atoms with Gasteiger partial charge < -0.3 is 19.8 Å². The standard InChI is InChI=1S/C14H16N2O4/c1-7-11(9(3)15-12(7)14(18)19)13(17)16-8(2)10-5-4-6-20-10/h4-6,8,15H,1-3H3,(H,16,17)(H,18,19). The van der Waals surface area contributed by atoms with Crippen LogP contribution in [-0.2, 0) is 0 Å². The molecule has 0 fully saturated rings. The van der Waals surface area contributed by atoms with E-state index in [0.29, 0.717) is 22.6 Å². The molecule has 1 amide bonds. The molecule has 0 spiro atoms. The first kappa shape index (κ1) is 13.9. The molecule has 2 heterocycles. The highest BCUT2D eigenvalue weighted by atomic mass is 16.4. The molecule has 0 bridgehead atoms. The quantitative estimate of drug-likeness (QED) is 0.799. The molecule has 20 heavy (non-hydrogen) atoms. The molecule has 6 heteroatoms. The van der Waals surface area contributed by atoms with Gasteiger partial charge in [0.15, 0.2) is 0 Å². The van der Waals surface area contributed by atoms with E-state index in [-0.39, 0.29) is 17.6 Å². The summed E-state index contributed by atoms with van der Waals surface area (Å²) in [5, 5.41) is 11.8. The van der Waals surface area contributed by atoms with Crippen molar-refractivity contribution in [2.45, 2.75) is 26.8 Å². The highest BCUT2D eigenvalue weighted by Gasteiger charge is 2.23. The van der Waals surface area contributed by atoms with Crippen LogP contribution in [0, 0.1) is 13.8 Å². The maximum absolute atomic E-state index is 12.3. The number of aromatic nitrogens is 1. The van der Waals surface area contributed by atoms with E-state index in [9.17, 15) is 9.59 Å². The largest absolute Gasteiger partial charge is 0.477 e. The highest BCUT2D eigenvalue weighted by Crippen LogP contribution is 2.20. The summed E-state index contributed by atoms with van der Waals surface area (Å²) in [5.41, 5.74) is 1.36. The lowest BCUT2D eigenvalue weighted by molar-refractivity contribution is 0.0690. The fourth-order valence-corrected chi connectivity index (χ4v) is 2.18. The molecule has 0 saturated heterocycles. The molecule has 0 aliphatic heterocycles. The van der Waals surface area contributed by atoms with E-state index in [0.717, 1.165) is 0 Å². The Hall–Kier alpha value is -2.50. The predicted molar refractivity (Wildman–Crippen MR) is 71.8 cm³/mol. The number of carboxylic acid groups (broad SMARTS) is 1. The Morgan fingerprint density at radius 1 is 1.40 bits per heavy atom. The van der Waals surface area contributed by atoms with Crippen LogP contribution in [0.2, 0.25) is 0 Å². The number of hydrogen-bond donors (Lipinski definition) is 3. The van der Waals surface area contributed by atoms with Crippen molar-refractivity contribution in [1.82, 2.24) is 10.3 Å². The van der Waals surface area contributed by atoms with Crippen LogP contribution in [0.15, 0.2) is 22.8 Å². The topological polar surface area (TPSA) is 95.3 Å². The Bertz CT molecular complexity index is 640. The molecule has 0 aliphatic rings. The normalized spacial score (nSPS) is 12.2. The monoisotopic (exact) mass is 276 g/mol. The van der Waals surface area contributed by atoms with Gasteiger partial charge in [-0.05, 0) is 38.5 Å². The van der Waals surface area contributed by atoms with Gasteiger partial charge in [-0.2, -0.15) is 0 Å². The zero-order valence-corrected chi connectivity index (χ0v) is 11.5. The molecule has 1 atom stereocenters. The molecule has 6 nitrogen and oxygen atoms in total. The van der Waals surface area contributed by atoms with Crippen molar-refractivity contribution in [3.05, 3.63) is 46.7 Å². The fraction of sp³-hybridized carbons (Fsp3) is 0.286. The number of furan rings is 1. The first-order valence-corrected chi connectivity index (χ1v) is 6.18. The average Bonchev–Trinajstić information content (AvgIpc) is 2.97. The maximum Gasteiger partial charge on any atom is 0.352 e. The number of carbonyl (C=O) groups is 2. The van der Waals surface area contributed by atoms with Gasteiger partial charge in [0.05, 0.1) is 17.9 Å². The molecule has 2 aromatic heterocycles. The van der Waals surface area contributed by atoms with E-state index in [1.807, 2.05) is 0 Å². The minimum atomic E-state index is -1.08. The number of aryl methyl sites for hydroxylation is 1. The lowest BCUT2D eigenvalue weighted by Crippen LogP contribution is -2.27. The van der Waals surface area contributed by atoms with Gasteiger partial charge in [0.25, 0.3) is 5.91 Å². The van der Waals surface area contributed by atoms with Crippen LogP contribution >= 0.6 is 0 Å². The number of amides is 1. The number of carboxylic acids is 1. The van der Waals surface area contributed by atoms with Gasteiger partial charge in [0, 0.05) is 5.69 Å². The minimum Gasteiger partial charge on any atom is -0.477 e. The van der Waals surface area contributed by atoms with Crippen molar-refractivity contribution in [3.63, 3.8) is 0 Å². The predicted octanol–water partition coefficient (Wildman–Crippen LogP) is 2.41. The summed E-state index contributed by atoms with van der Waals surface area (Å²) in [6.07, 6.45) is 1.54. The molecule has 0 aliphatic carbocycles. The fourth-order valence-electron chi connectivity index (χ4n) is 2.18. The number of hydrogen-bond acceptors (Lipinski definition) is 3. The number of rotatable bonds is 4. The Morgan fingerprint density at radius 2 is 2.10 bits per heavy atom. The maximum atomic E-state index is 12.3. The van der Waals surface area contributed by atoms with E-state index < -0.39 is 5.97 Å². The molecular weight excluding hydrogens is 260 g/mol. The van der Waals surface area contributed by atoms with Crippen molar-refractivity contribution in [2.75, 3.05) is 0 Å². The summed E-state index contributed by atoms with van der Waals surface area (Å²) in [6.45, 7) is 5.08. The van der Waals surface area contributed by atoms with Crippen molar-refractivity contribution in [2.24, 2.45) is 0 Å². The van der Waals surface area contributed by atoms with Crippen molar-refractivity contribution >= 4 is 11.9 Å². The second-order valence-electron chi connectivity index (χ2n) is 4.64. The molecule has 106 valence electrons. The first-order valence-electron chi connectivity index (χ1n) is 6.18. The van der Waals surface area contributed by atoms with Gasteiger partial charge in [0.2, 0.25) is 0 Å². The molecule has 0 aromatic carbocycles. The Labute approximate surface area is 115 Å². The molecule has 1 unspecified atom stereocenters. The highest BCUT2D eigenvalue weighted by molar-refractivity contribution is 6.00. The van der Waals surface area contributed by atoms with Gasteiger partial charge in [-0.15, -0.1) is 0 Å². The van der Waals surface area contributed by atoms with E-state index in [1.54, 1.807) is 32.9 Å². The molecule has 0 saturated carbocycles. The van der Waals surface area contributed by atoms with E-state index in [4.69, 9.17) is 9.52 Å². The molecule has 0 radical (unpaired) electrons. The van der Waals surface area contributed by atoms with Crippen LogP contribution in [0.1, 0.15) is 50.8 Å². The van der Waals surface area contributed by atoms with Crippen LogP contribution in [0.25, 0.3) is 0 Å². The summed E-state index contributed by atoms with van der Waals surface area (Å²) in [6, 6.07) is 3.22. The van der Waals surface area contributed by atoms with Gasteiger partial charge in [-0.25, -0.2) is 4.79 Å². The third-order valence-corrected chi connectivity index (χ3v) is 3.20. The second kappa shape index (κ2) is 5.24. The van der Waals surface area contributed by atoms with Gasteiger partial charge in [-0.3, -0.25) is 4.79 Å². The molecule has 2 aromatic rings. The minimum absolute atomic E-state index is 0.0401. The Morgan fingerprint density at radius 3 is 2.60 bits per heavy atom. The third kappa shape index (κ3) is 2.45. The number of aromatic carboxylic acids is 1. The molecule has 2 rings (SSSR count). The van der Waals surface area contributed by atoms with E-state index >= 15 is 0 Å². The number of H-pyrrole nitrogens is 1. The summed E-state index contributed by atoms with van der Waals surface area (Å²) in [7, 11) is 0. The summed E-state index contributed by atoms with van der Waals surface area (Å²) in [5.74, 6) is -0.765. The Kier molecular flexibility index (Phi) is 3.65. The smallest absolute Gasteiger partial charge is 0.352 e. The summed E-state index contributed by atoms with van der Waals surface area (Å²) in [4.78, 5) is 26.0. The van der Waals surface area contributed by atoms with Crippen LogP contribution < -0.4 is 5.32 Å². The van der Waals surface area contributed by atoms with E-state index in [1.165, 1.54) is 6.26 Å². The first-order chi connectivity index (χ1) is 9.41. The number of carbonyl (C=O) groups excluding carboxylic acids is 1. The van der Waals surface area contributed by atoms with Crippen LogP contribution in [0.3, 0.4) is 0 Å². The SMILES string of the molecule is Cc1[nH]c(C(=O)O)c(C)c1C(=O)NC(C)c1ccco1. The summed E-state index contributed by atoms with van der Waals surface area (Å²) < 4.78 is 5.22. The van der Waals surface area contributed by atoms with Crippen molar-refractivity contribution in [1.29, 1.82) is 0 Å². The second-order valence-corrected chi connectivity index (χ2v) is 4.64. The lowest BCUT2D eigenvalue weighted by Gasteiger charge is -2.11. The van der Waals surface area contributed by atoms with Crippen molar-refractivity contribution in [3.8, 4) is 0 Å². The number of aromatic amines is 1. The lowest BCUT2D eigenvalue weighted by atomic mass is 10.1. The zero-order chi connectivity index (χ0) is 14.9. The van der Waals surface area contributed by atoms with Crippen LogP contribution in [-0.4, -0.2) is 22.0 Å². The van der Waals surface area contributed by atoms with Crippen LogP contribution in [0.5, 0.6) is 0 Å². The zero-order valence-electron chi connectivity index (χ0n) is 11.5. The van der Waals surface area contributed by atoms with Crippen LogP contribution in [0.4, 0.5) is 0 Å². The average molecular weight is 276 g/mol. The Balaban J connectivity index is 2.24. The third-order valence-electron chi connectivity index (χ3n) is 3.20. The van der Waals surface area contributed by atoms with Crippen molar-refractivity contribution < 1.29 is 19.1 Å². The summed E-state index contributed by atoms with van der Waals surface area (Å²) >= 11 is 0. The van der Waals surface area contributed by atoms with Gasteiger partial charge in [0.1, 0.15) is 11.5 Å². The number of nitrogens with one attached hydrogen (secondary N) is 2. The van der Waals surface area contributed by atoms with Gasteiger partial charge >= 0.3 is 5.97 Å². The van der Waals surface area contributed by atoms with E-state index in [2.05, 4.69) is 10.3 Å². The molecular formula is C14H16N2O4. The molecule has 3 N–H and O–H groups in total.